The first-order valence-electron chi connectivity index (χ1n) is 4.64. The lowest BCUT2D eigenvalue weighted by molar-refractivity contribution is 0.111. The zero-order valence-electron chi connectivity index (χ0n) is 8.26. The molecule has 0 saturated carbocycles. The highest BCUT2D eigenvalue weighted by Crippen LogP contribution is 2.24. The van der Waals surface area contributed by atoms with Gasteiger partial charge in [0.25, 0.3) is 0 Å². The SMILES string of the molecule is O=Cc1ncccc1Oc1ccccc1F. The van der Waals surface area contributed by atoms with Gasteiger partial charge in [0.2, 0.25) is 0 Å². The molecular formula is C12H8FNO2. The Balaban J connectivity index is 2.34. The fraction of sp³-hybridized carbons (Fsp3) is 0. The number of para-hydroxylation sites is 1. The van der Waals surface area contributed by atoms with Crippen molar-refractivity contribution in [3.8, 4) is 11.5 Å². The molecule has 1 aromatic heterocycles. The first-order valence-corrected chi connectivity index (χ1v) is 4.64. The number of hydrogen-bond donors (Lipinski definition) is 0. The van der Waals surface area contributed by atoms with Crippen molar-refractivity contribution in [1.29, 1.82) is 0 Å². The summed E-state index contributed by atoms with van der Waals surface area (Å²) in [6.07, 6.45) is 2.04. The Labute approximate surface area is 91.5 Å². The monoisotopic (exact) mass is 217 g/mol. The third-order valence-electron chi connectivity index (χ3n) is 1.97. The van der Waals surface area contributed by atoms with Crippen LogP contribution in [-0.2, 0) is 0 Å². The van der Waals surface area contributed by atoms with Gasteiger partial charge >= 0.3 is 0 Å². The number of ether oxygens (including phenoxy) is 1. The third kappa shape index (κ3) is 2.06. The average Bonchev–Trinajstić information content (AvgIpc) is 2.33. The van der Waals surface area contributed by atoms with Crippen molar-refractivity contribution >= 4 is 6.29 Å². The molecule has 1 heterocycles. The molecule has 0 aliphatic heterocycles. The second kappa shape index (κ2) is 4.53. The second-order valence-electron chi connectivity index (χ2n) is 3.04. The van der Waals surface area contributed by atoms with Crippen molar-refractivity contribution in [3.05, 3.63) is 54.1 Å². The van der Waals surface area contributed by atoms with Gasteiger partial charge in [0.15, 0.2) is 23.6 Å². The Hall–Kier alpha value is -2.23. The quantitative estimate of drug-likeness (QED) is 0.742. The summed E-state index contributed by atoms with van der Waals surface area (Å²) in [6.45, 7) is 0. The van der Waals surface area contributed by atoms with Crippen LogP contribution >= 0.6 is 0 Å². The maximum absolute atomic E-state index is 13.3. The van der Waals surface area contributed by atoms with Gasteiger partial charge in [-0.2, -0.15) is 0 Å². The fourth-order valence-corrected chi connectivity index (χ4v) is 1.22. The van der Waals surface area contributed by atoms with Crippen molar-refractivity contribution in [2.24, 2.45) is 0 Å². The number of halogens is 1. The van der Waals surface area contributed by atoms with E-state index < -0.39 is 5.82 Å². The van der Waals surface area contributed by atoms with E-state index in [0.29, 0.717) is 6.29 Å². The van der Waals surface area contributed by atoms with Crippen molar-refractivity contribution in [2.45, 2.75) is 0 Å². The molecule has 0 aliphatic rings. The minimum atomic E-state index is -0.483. The van der Waals surface area contributed by atoms with Crippen molar-refractivity contribution in [3.63, 3.8) is 0 Å². The van der Waals surface area contributed by atoms with Crippen LogP contribution in [0.4, 0.5) is 4.39 Å². The number of carbonyl (C=O) groups is 1. The van der Waals surface area contributed by atoms with Crippen LogP contribution in [0.25, 0.3) is 0 Å². The molecule has 16 heavy (non-hydrogen) atoms. The highest BCUT2D eigenvalue weighted by molar-refractivity contribution is 5.76. The summed E-state index contributed by atoms with van der Waals surface area (Å²) in [5.41, 5.74) is 0.144. The van der Waals surface area contributed by atoms with Crippen molar-refractivity contribution in [2.75, 3.05) is 0 Å². The lowest BCUT2D eigenvalue weighted by Gasteiger charge is -2.07. The summed E-state index contributed by atoms with van der Waals surface area (Å²) in [5, 5.41) is 0. The molecule has 0 amide bonds. The number of nitrogens with zero attached hydrogens (tertiary/aromatic N) is 1. The molecule has 0 atom stereocenters. The maximum Gasteiger partial charge on any atom is 0.172 e. The Morgan fingerprint density at radius 3 is 2.62 bits per heavy atom. The largest absolute Gasteiger partial charge is 0.452 e. The summed E-state index contributed by atoms with van der Waals surface area (Å²) in [7, 11) is 0. The number of benzene rings is 1. The van der Waals surface area contributed by atoms with Crippen LogP contribution in [-0.4, -0.2) is 11.3 Å². The molecule has 0 fully saturated rings. The Morgan fingerprint density at radius 1 is 1.12 bits per heavy atom. The molecule has 4 heteroatoms. The summed E-state index contributed by atoms with van der Waals surface area (Å²) in [4.78, 5) is 14.5. The number of aromatic nitrogens is 1. The van der Waals surface area contributed by atoms with Crippen molar-refractivity contribution < 1.29 is 13.9 Å². The van der Waals surface area contributed by atoms with Crippen LogP contribution in [0, 0.1) is 5.82 Å². The van der Waals surface area contributed by atoms with Crippen LogP contribution in [0.15, 0.2) is 42.6 Å². The number of aldehydes is 1. The van der Waals surface area contributed by atoms with E-state index in [1.165, 1.54) is 18.3 Å². The maximum atomic E-state index is 13.3. The van der Waals surface area contributed by atoms with Gasteiger partial charge in [-0.25, -0.2) is 9.37 Å². The van der Waals surface area contributed by atoms with E-state index >= 15 is 0 Å². The lowest BCUT2D eigenvalue weighted by Crippen LogP contribution is -1.94. The highest BCUT2D eigenvalue weighted by Gasteiger charge is 2.07. The van der Waals surface area contributed by atoms with Gasteiger partial charge in [0.05, 0.1) is 0 Å². The Bertz CT molecular complexity index is 514. The second-order valence-corrected chi connectivity index (χ2v) is 3.04. The smallest absolute Gasteiger partial charge is 0.172 e. The van der Waals surface area contributed by atoms with E-state index in [2.05, 4.69) is 4.98 Å². The van der Waals surface area contributed by atoms with Gasteiger partial charge in [-0.1, -0.05) is 12.1 Å². The summed E-state index contributed by atoms with van der Waals surface area (Å²) < 4.78 is 18.5. The molecule has 0 N–H and O–H groups in total. The Morgan fingerprint density at radius 2 is 1.88 bits per heavy atom. The first kappa shape index (κ1) is 10.3. The van der Waals surface area contributed by atoms with E-state index in [0.717, 1.165) is 0 Å². The molecule has 2 aromatic rings. The predicted molar refractivity (Wildman–Crippen MR) is 56.1 cm³/mol. The topological polar surface area (TPSA) is 39.2 Å². The normalized spacial score (nSPS) is 9.81. The van der Waals surface area contributed by atoms with Gasteiger partial charge in [-0.05, 0) is 24.3 Å². The van der Waals surface area contributed by atoms with Crippen LogP contribution in [0.1, 0.15) is 10.5 Å². The minimum absolute atomic E-state index is 0.0681. The van der Waals surface area contributed by atoms with Crippen LogP contribution in [0.5, 0.6) is 11.5 Å². The highest BCUT2D eigenvalue weighted by atomic mass is 19.1. The molecule has 3 nitrogen and oxygen atoms in total. The average molecular weight is 217 g/mol. The molecule has 0 aliphatic carbocycles. The standard InChI is InChI=1S/C12H8FNO2/c13-9-4-1-2-5-11(9)16-12-6-3-7-14-10(12)8-15/h1-8H. The van der Waals surface area contributed by atoms with E-state index in [1.54, 1.807) is 24.3 Å². The predicted octanol–water partition coefficient (Wildman–Crippen LogP) is 2.83. The third-order valence-corrected chi connectivity index (χ3v) is 1.97. The zero-order valence-corrected chi connectivity index (χ0v) is 8.26. The molecule has 0 bridgehead atoms. The molecule has 0 radical (unpaired) electrons. The van der Waals surface area contributed by atoms with Crippen LogP contribution in [0.3, 0.4) is 0 Å². The van der Waals surface area contributed by atoms with Gasteiger partial charge in [0.1, 0.15) is 5.69 Å². The summed E-state index contributed by atoms with van der Waals surface area (Å²) in [5.74, 6) is -0.176. The number of rotatable bonds is 3. The van der Waals surface area contributed by atoms with Crippen LogP contribution < -0.4 is 4.74 Å². The van der Waals surface area contributed by atoms with Gasteiger partial charge in [0, 0.05) is 6.20 Å². The molecule has 2 rings (SSSR count). The number of carbonyl (C=O) groups excluding carboxylic acids is 1. The number of hydrogen-bond acceptors (Lipinski definition) is 3. The van der Waals surface area contributed by atoms with E-state index in [1.807, 2.05) is 0 Å². The van der Waals surface area contributed by atoms with Gasteiger partial charge in [-0.15, -0.1) is 0 Å². The molecular weight excluding hydrogens is 209 g/mol. The zero-order chi connectivity index (χ0) is 11.4. The minimum Gasteiger partial charge on any atom is -0.452 e. The van der Waals surface area contributed by atoms with E-state index in [-0.39, 0.29) is 17.2 Å². The Kier molecular flexibility index (Phi) is 2.91. The molecule has 0 unspecified atom stereocenters. The van der Waals surface area contributed by atoms with Gasteiger partial charge < -0.3 is 4.74 Å². The molecule has 80 valence electrons. The fourth-order valence-electron chi connectivity index (χ4n) is 1.22. The molecule has 0 spiro atoms. The number of pyridine rings is 1. The lowest BCUT2D eigenvalue weighted by atomic mass is 10.3. The van der Waals surface area contributed by atoms with Crippen LogP contribution in [0.2, 0.25) is 0 Å². The summed E-state index contributed by atoms with van der Waals surface area (Å²) >= 11 is 0. The molecule has 0 saturated heterocycles. The van der Waals surface area contributed by atoms with Crippen molar-refractivity contribution in [1.82, 2.24) is 4.98 Å². The van der Waals surface area contributed by atoms with Gasteiger partial charge in [-0.3, -0.25) is 4.79 Å². The van der Waals surface area contributed by atoms with E-state index in [9.17, 15) is 9.18 Å². The van der Waals surface area contributed by atoms with E-state index in [4.69, 9.17) is 4.74 Å². The first-order chi connectivity index (χ1) is 7.81. The molecule has 1 aromatic carbocycles. The summed E-state index contributed by atoms with van der Waals surface area (Å²) in [6, 6.07) is 9.15.